The van der Waals surface area contributed by atoms with Gasteiger partial charge in [-0.25, -0.2) is 0 Å². The largest absolute Gasteiger partial charge is 0.368 e. The molecule has 0 saturated heterocycles. The number of benzene rings is 1. The summed E-state index contributed by atoms with van der Waals surface area (Å²) in [6, 6.07) is 4.42. The molecule has 3 amide bonds. The van der Waals surface area contributed by atoms with Crippen LogP contribution in [0.4, 0.5) is 5.69 Å². The molecule has 1 aromatic carbocycles. The number of hydrogen-bond donors (Lipinski definition) is 2. The van der Waals surface area contributed by atoms with Crippen LogP contribution < -0.4 is 10.6 Å². The number of carbonyl (C=O) groups is 3. The Hall–Kier alpha value is -3.42. The van der Waals surface area contributed by atoms with E-state index in [4.69, 9.17) is 5.73 Å². The molecule has 1 unspecified atom stereocenters. The summed E-state index contributed by atoms with van der Waals surface area (Å²) in [5, 5.41) is 6.73. The van der Waals surface area contributed by atoms with Gasteiger partial charge in [0.1, 0.15) is 6.04 Å². The Morgan fingerprint density at radius 1 is 1.33 bits per heavy atom. The number of nitrogens with two attached hydrogens (primary N) is 1. The fraction of sp³-hybridized carbons (Fsp3) is 0.263. The minimum Gasteiger partial charge on any atom is -0.368 e. The van der Waals surface area contributed by atoms with Crippen LogP contribution in [0, 0.1) is 0 Å². The number of fused-ring (bicyclic) bond motifs is 2. The topological polar surface area (TPSA) is 112 Å². The van der Waals surface area contributed by atoms with E-state index >= 15 is 0 Å². The van der Waals surface area contributed by atoms with Gasteiger partial charge in [0.25, 0.3) is 5.91 Å². The highest BCUT2D eigenvalue weighted by Crippen LogP contribution is 2.34. The van der Waals surface area contributed by atoms with Crippen LogP contribution in [0.25, 0.3) is 0 Å². The summed E-state index contributed by atoms with van der Waals surface area (Å²) in [5.41, 5.74) is 9.07. The average molecular weight is 365 g/mol. The van der Waals surface area contributed by atoms with Crippen molar-refractivity contribution in [2.45, 2.75) is 25.4 Å². The SMILES string of the molecule is C=CC(=O)N1CCCc2cc(C(=O)N3Cc4[nH]ncc4C3C(N)=O)ccc21. The number of nitrogens with one attached hydrogen (secondary N) is 1. The summed E-state index contributed by atoms with van der Waals surface area (Å²) in [7, 11) is 0. The summed E-state index contributed by atoms with van der Waals surface area (Å²) >= 11 is 0. The highest BCUT2D eigenvalue weighted by atomic mass is 16.2. The Kier molecular flexibility index (Phi) is 4.02. The third kappa shape index (κ3) is 2.69. The predicted octanol–water partition coefficient (Wildman–Crippen LogP) is 1.06. The van der Waals surface area contributed by atoms with Crippen LogP contribution in [0.5, 0.6) is 0 Å². The molecule has 138 valence electrons. The standard InChI is InChI=1S/C19H19N5O3/c1-2-16(25)23-7-3-4-11-8-12(5-6-15(11)23)19(27)24-10-14-13(9-21-22-14)17(24)18(20)26/h2,5-6,8-9,17H,1,3-4,7,10H2,(H2,20,26)(H,21,22). The van der Waals surface area contributed by atoms with Crippen molar-refractivity contribution in [3.63, 3.8) is 0 Å². The van der Waals surface area contributed by atoms with Gasteiger partial charge in [-0.1, -0.05) is 6.58 Å². The molecule has 0 radical (unpaired) electrons. The van der Waals surface area contributed by atoms with Crippen LogP contribution in [-0.2, 0) is 22.6 Å². The second-order valence-corrected chi connectivity index (χ2v) is 6.68. The van der Waals surface area contributed by atoms with E-state index in [9.17, 15) is 14.4 Å². The number of aromatic nitrogens is 2. The van der Waals surface area contributed by atoms with E-state index < -0.39 is 11.9 Å². The smallest absolute Gasteiger partial charge is 0.255 e. The lowest BCUT2D eigenvalue weighted by Crippen LogP contribution is -2.38. The Morgan fingerprint density at radius 2 is 2.15 bits per heavy atom. The van der Waals surface area contributed by atoms with E-state index in [1.54, 1.807) is 23.1 Å². The zero-order valence-corrected chi connectivity index (χ0v) is 14.6. The van der Waals surface area contributed by atoms with Gasteiger partial charge in [-0.2, -0.15) is 5.10 Å². The molecule has 2 aliphatic rings. The second kappa shape index (κ2) is 6.39. The van der Waals surface area contributed by atoms with Crippen molar-refractivity contribution < 1.29 is 14.4 Å². The van der Waals surface area contributed by atoms with Gasteiger partial charge in [0, 0.05) is 23.4 Å². The van der Waals surface area contributed by atoms with E-state index in [0.29, 0.717) is 23.4 Å². The van der Waals surface area contributed by atoms with Gasteiger partial charge in [0.05, 0.1) is 18.4 Å². The molecule has 3 N–H and O–H groups in total. The zero-order chi connectivity index (χ0) is 19.1. The Balaban J connectivity index is 1.65. The maximum Gasteiger partial charge on any atom is 0.255 e. The molecule has 2 aliphatic heterocycles. The molecule has 1 aromatic heterocycles. The number of hydrogen-bond acceptors (Lipinski definition) is 4. The van der Waals surface area contributed by atoms with E-state index in [1.165, 1.54) is 17.2 Å². The van der Waals surface area contributed by atoms with Crippen molar-refractivity contribution in [1.29, 1.82) is 0 Å². The van der Waals surface area contributed by atoms with Crippen molar-refractivity contribution in [2.24, 2.45) is 5.73 Å². The molecule has 3 heterocycles. The first-order valence-corrected chi connectivity index (χ1v) is 8.70. The fourth-order valence-corrected chi connectivity index (χ4v) is 3.85. The average Bonchev–Trinajstić information content (AvgIpc) is 3.26. The number of anilines is 1. The number of amides is 3. The molecule has 2 aromatic rings. The van der Waals surface area contributed by atoms with Gasteiger partial charge in [0.2, 0.25) is 11.8 Å². The number of carbonyl (C=O) groups excluding carboxylic acids is 3. The molecule has 0 aliphatic carbocycles. The van der Waals surface area contributed by atoms with Crippen LogP contribution >= 0.6 is 0 Å². The molecule has 1 atom stereocenters. The lowest BCUT2D eigenvalue weighted by atomic mass is 9.98. The predicted molar refractivity (Wildman–Crippen MR) is 97.7 cm³/mol. The van der Waals surface area contributed by atoms with Crippen molar-refractivity contribution in [1.82, 2.24) is 15.1 Å². The molecular formula is C19H19N5O3. The lowest BCUT2D eigenvalue weighted by Gasteiger charge is -2.29. The number of primary amides is 1. The first kappa shape index (κ1) is 17.0. The highest BCUT2D eigenvalue weighted by Gasteiger charge is 2.39. The number of H-pyrrole nitrogens is 1. The molecule has 0 saturated carbocycles. The number of aryl methyl sites for hydroxylation is 1. The summed E-state index contributed by atoms with van der Waals surface area (Å²) < 4.78 is 0. The number of nitrogens with zero attached hydrogens (tertiary/aromatic N) is 3. The molecule has 0 bridgehead atoms. The van der Waals surface area contributed by atoms with E-state index in [2.05, 4.69) is 16.8 Å². The minimum absolute atomic E-state index is 0.158. The molecule has 0 fully saturated rings. The van der Waals surface area contributed by atoms with Gasteiger partial charge in [-0.15, -0.1) is 0 Å². The normalized spacial score (nSPS) is 18.0. The van der Waals surface area contributed by atoms with E-state index in [0.717, 1.165) is 24.1 Å². The molecular weight excluding hydrogens is 346 g/mol. The molecule has 0 spiro atoms. The fourth-order valence-electron chi connectivity index (χ4n) is 3.85. The third-order valence-corrected chi connectivity index (χ3v) is 5.10. The van der Waals surface area contributed by atoms with E-state index in [-0.39, 0.29) is 18.4 Å². The van der Waals surface area contributed by atoms with Gasteiger partial charge in [0.15, 0.2) is 0 Å². The van der Waals surface area contributed by atoms with Crippen LogP contribution in [0.1, 0.15) is 39.6 Å². The summed E-state index contributed by atoms with van der Waals surface area (Å²) in [6.45, 7) is 4.42. The van der Waals surface area contributed by atoms with Crippen LogP contribution in [0.15, 0.2) is 37.1 Å². The number of aromatic amines is 1. The van der Waals surface area contributed by atoms with Crippen molar-refractivity contribution in [3.8, 4) is 0 Å². The van der Waals surface area contributed by atoms with Gasteiger partial charge >= 0.3 is 0 Å². The van der Waals surface area contributed by atoms with Crippen LogP contribution in [0.3, 0.4) is 0 Å². The quantitative estimate of drug-likeness (QED) is 0.792. The summed E-state index contributed by atoms with van der Waals surface area (Å²) in [5.74, 6) is -1.03. The van der Waals surface area contributed by atoms with Gasteiger partial charge in [-0.05, 0) is 42.7 Å². The van der Waals surface area contributed by atoms with Gasteiger partial charge < -0.3 is 15.5 Å². The summed E-state index contributed by atoms with van der Waals surface area (Å²) in [6.07, 6.45) is 4.41. The summed E-state index contributed by atoms with van der Waals surface area (Å²) in [4.78, 5) is 40.2. The van der Waals surface area contributed by atoms with Crippen molar-refractivity contribution in [3.05, 3.63) is 59.4 Å². The van der Waals surface area contributed by atoms with Crippen LogP contribution in [0.2, 0.25) is 0 Å². The Morgan fingerprint density at radius 3 is 2.89 bits per heavy atom. The molecule has 8 heteroatoms. The van der Waals surface area contributed by atoms with Crippen LogP contribution in [-0.4, -0.2) is 39.4 Å². The Bertz CT molecular complexity index is 964. The Labute approximate surface area is 155 Å². The molecule has 27 heavy (non-hydrogen) atoms. The minimum atomic E-state index is -0.832. The number of rotatable bonds is 3. The lowest BCUT2D eigenvalue weighted by molar-refractivity contribution is -0.122. The van der Waals surface area contributed by atoms with Crippen molar-refractivity contribution >= 4 is 23.4 Å². The molecule has 4 rings (SSSR count). The monoisotopic (exact) mass is 365 g/mol. The zero-order valence-electron chi connectivity index (χ0n) is 14.6. The van der Waals surface area contributed by atoms with E-state index in [1.807, 2.05) is 0 Å². The third-order valence-electron chi connectivity index (χ3n) is 5.10. The molecule has 8 nitrogen and oxygen atoms in total. The van der Waals surface area contributed by atoms with Gasteiger partial charge in [-0.3, -0.25) is 19.5 Å². The first-order chi connectivity index (χ1) is 13.0. The maximum atomic E-state index is 13.1. The first-order valence-electron chi connectivity index (χ1n) is 8.70. The second-order valence-electron chi connectivity index (χ2n) is 6.68. The maximum absolute atomic E-state index is 13.1. The highest BCUT2D eigenvalue weighted by molar-refractivity contribution is 6.03. The van der Waals surface area contributed by atoms with Crippen molar-refractivity contribution in [2.75, 3.05) is 11.4 Å².